The molecule has 1 aliphatic rings. The summed E-state index contributed by atoms with van der Waals surface area (Å²) in [5, 5.41) is 0. The molecule has 0 atom stereocenters. The highest BCUT2D eigenvalue weighted by molar-refractivity contribution is 9.10. The van der Waals surface area contributed by atoms with Crippen molar-refractivity contribution in [2.45, 2.75) is 39.2 Å². The Balaban J connectivity index is 1.87. The molecule has 100 valence electrons. The van der Waals surface area contributed by atoms with Crippen LogP contribution in [-0.2, 0) is 6.54 Å². The van der Waals surface area contributed by atoms with Gasteiger partial charge in [0, 0.05) is 16.7 Å². The van der Waals surface area contributed by atoms with Gasteiger partial charge in [0.05, 0.1) is 0 Å². The van der Waals surface area contributed by atoms with E-state index in [1.165, 1.54) is 44.3 Å². The topological polar surface area (TPSA) is 29.3 Å². The molecule has 0 saturated carbocycles. The second-order valence-electron chi connectivity index (χ2n) is 5.40. The van der Waals surface area contributed by atoms with Crippen LogP contribution in [0.1, 0.15) is 38.2 Å². The van der Waals surface area contributed by atoms with Gasteiger partial charge in [0.15, 0.2) is 0 Å². The number of halogens is 1. The Morgan fingerprint density at radius 3 is 2.61 bits per heavy atom. The van der Waals surface area contributed by atoms with E-state index >= 15 is 0 Å². The van der Waals surface area contributed by atoms with Crippen LogP contribution in [0.15, 0.2) is 22.7 Å². The summed E-state index contributed by atoms with van der Waals surface area (Å²) >= 11 is 3.51. The van der Waals surface area contributed by atoms with Gasteiger partial charge in [-0.2, -0.15) is 0 Å². The molecule has 3 heteroatoms. The van der Waals surface area contributed by atoms with Gasteiger partial charge in [-0.1, -0.05) is 35.7 Å². The van der Waals surface area contributed by atoms with E-state index in [9.17, 15) is 0 Å². The van der Waals surface area contributed by atoms with Gasteiger partial charge in [-0.25, -0.2) is 0 Å². The zero-order valence-corrected chi connectivity index (χ0v) is 12.7. The maximum absolute atomic E-state index is 5.88. The van der Waals surface area contributed by atoms with Gasteiger partial charge in [-0.15, -0.1) is 0 Å². The van der Waals surface area contributed by atoms with Gasteiger partial charge in [-0.05, 0) is 55.6 Å². The van der Waals surface area contributed by atoms with E-state index in [-0.39, 0.29) is 0 Å². The molecule has 1 heterocycles. The molecule has 1 aromatic carbocycles. The molecule has 0 aliphatic carbocycles. The zero-order chi connectivity index (χ0) is 13.0. The van der Waals surface area contributed by atoms with Crippen molar-refractivity contribution in [2.24, 2.45) is 5.92 Å². The summed E-state index contributed by atoms with van der Waals surface area (Å²) in [5.41, 5.74) is 8.04. The van der Waals surface area contributed by atoms with E-state index in [1.54, 1.807) is 0 Å². The highest BCUT2D eigenvalue weighted by Gasteiger charge is 2.18. The predicted molar refractivity (Wildman–Crippen MR) is 81.5 cm³/mol. The Hall–Kier alpha value is -0.540. The first kappa shape index (κ1) is 13.9. The number of rotatable bonds is 4. The molecule has 18 heavy (non-hydrogen) atoms. The zero-order valence-electron chi connectivity index (χ0n) is 11.2. The smallest absolute Gasteiger partial charge is 0.0328 e. The van der Waals surface area contributed by atoms with Crippen molar-refractivity contribution in [2.75, 3.05) is 18.8 Å². The van der Waals surface area contributed by atoms with Gasteiger partial charge in [0.2, 0.25) is 0 Å². The lowest BCUT2D eigenvalue weighted by molar-refractivity contribution is 0.172. The molecule has 0 aromatic heterocycles. The standard InChI is InChI=1S/C15H23BrN2/c1-2-3-12-4-6-18(7-5-12)11-13-8-14(16)10-15(17)9-13/h8-10,12H,2-7,11,17H2,1H3. The molecule has 2 nitrogen and oxygen atoms in total. The molecule has 1 aliphatic heterocycles. The third kappa shape index (κ3) is 3.99. The molecule has 0 unspecified atom stereocenters. The number of nitrogen functional groups attached to an aromatic ring is 1. The summed E-state index contributed by atoms with van der Waals surface area (Å²) in [6.45, 7) is 5.79. The molecule has 0 bridgehead atoms. The van der Waals surface area contributed by atoms with Crippen LogP contribution in [0.25, 0.3) is 0 Å². The Kier molecular flexibility index (Phi) is 5.07. The van der Waals surface area contributed by atoms with E-state index < -0.39 is 0 Å². The summed E-state index contributed by atoms with van der Waals surface area (Å²) in [7, 11) is 0. The third-order valence-corrected chi connectivity index (χ3v) is 4.25. The predicted octanol–water partition coefficient (Wildman–Crippen LogP) is 4.04. The van der Waals surface area contributed by atoms with Gasteiger partial charge in [-0.3, -0.25) is 4.90 Å². The summed E-state index contributed by atoms with van der Waals surface area (Å²) in [5.74, 6) is 0.957. The van der Waals surface area contributed by atoms with Crippen molar-refractivity contribution in [3.8, 4) is 0 Å². The maximum Gasteiger partial charge on any atom is 0.0328 e. The van der Waals surface area contributed by atoms with E-state index in [0.717, 1.165) is 22.6 Å². The fraction of sp³-hybridized carbons (Fsp3) is 0.600. The Bertz CT molecular complexity index is 364. The normalized spacial score (nSPS) is 18.1. The highest BCUT2D eigenvalue weighted by Crippen LogP contribution is 2.24. The largest absolute Gasteiger partial charge is 0.399 e. The molecule has 2 N–H and O–H groups in total. The maximum atomic E-state index is 5.88. The van der Waals surface area contributed by atoms with Crippen LogP contribution in [0.5, 0.6) is 0 Å². The Labute approximate surface area is 119 Å². The first-order valence-electron chi connectivity index (χ1n) is 6.94. The first-order chi connectivity index (χ1) is 8.67. The van der Waals surface area contributed by atoms with Crippen molar-refractivity contribution >= 4 is 21.6 Å². The third-order valence-electron chi connectivity index (χ3n) is 3.79. The lowest BCUT2D eigenvalue weighted by Gasteiger charge is -2.32. The fourth-order valence-corrected chi connectivity index (χ4v) is 3.42. The van der Waals surface area contributed by atoms with Gasteiger partial charge < -0.3 is 5.73 Å². The number of hydrogen-bond donors (Lipinski definition) is 1. The van der Waals surface area contributed by atoms with E-state index in [4.69, 9.17) is 5.73 Å². The number of nitrogens with two attached hydrogens (primary N) is 1. The minimum atomic E-state index is 0.847. The summed E-state index contributed by atoms with van der Waals surface area (Å²) in [6.07, 6.45) is 5.44. The van der Waals surface area contributed by atoms with Crippen molar-refractivity contribution in [1.29, 1.82) is 0 Å². The van der Waals surface area contributed by atoms with Crippen LogP contribution in [0.4, 0.5) is 5.69 Å². The number of benzene rings is 1. The van der Waals surface area contributed by atoms with E-state index in [0.29, 0.717) is 0 Å². The summed E-state index contributed by atoms with van der Waals surface area (Å²) < 4.78 is 1.08. The van der Waals surface area contributed by atoms with Crippen LogP contribution >= 0.6 is 15.9 Å². The molecule has 2 rings (SSSR count). The first-order valence-corrected chi connectivity index (χ1v) is 7.74. The van der Waals surface area contributed by atoms with Crippen LogP contribution in [0.3, 0.4) is 0 Å². The number of piperidine rings is 1. The van der Waals surface area contributed by atoms with Crippen LogP contribution < -0.4 is 5.73 Å². The lowest BCUT2D eigenvalue weighted by Crippen LogP contribution is -2.33. The second kappa shape index (κ2) is 6.58. The molecule has 1 saturated heterocycles. The number of likely N-dealkylation sites (tertiary alicyclic amines) is 1. The van der Waals surface area contributed by atoms with Crippen LogP contribution in [-0.4, -0.2) is 18.0 Å². The Morgan fingerprint density at radius 2 is 2.00 bits per heavy atom. The highest BCUT2D eigenvalue weighted by atomic mass is 79.9. The average Bonchev–Trinajstić information content (AvgIpc) is 2.31. The molecular weight excluding hydrogens is 288 g/mol. The second-order valence-corrected chi connectivity index (χ2v) is 6.32. The minimum Gasteiger partial charge on any atom is -0.399 e. The number of anilines is 1. The van der Waals surface area contributed by atoms with Gasteiger partial charge in [0.1, 0.15) is 0 Å². The molecule has 1 fully saturated rings. The number of nitrogens with zero attached hydrogens (tertiary/aromatic N) is 1. The minimum absolute atomic E-state index is 0.847. The molecule has 0 spiro atoms. The Morgan fingerprint density at radius 1 is 1.28 bits per heavy atom. The van der Waals surface area contributed by atoms with Gasteiger partial charge >= 0.3 is 0 Å². The molecular formula is C15H23BrN2. The van der Waals surface area contributed by atoms with Crippen LogP contribution in [0, 0.1) is 5.92 Å². The average molecular weight is 311 g/mol. The van der Waals surface area contributed by atoms with Crippen molar-refractivity contribution in [3.05, 3.63) is 28.2 Å². The lowest BCUT2D eigenvalue weighted by atomic mass is 9.92. The monoisotopic (exact) mass is 310 g/mol. The SMILES string of the molecule is CCCC1CCN(Cc2cc(N)cc(Br)c2)CC1. The molecule has 1 aromatic rings. The van der Waals surface area contributed by atoms with E-state index in [2.05, 4.69) is 39.9 Å². The number of hydrogen-bond acceptors (Lipinski definition) is 2. The summed E-state index contributed by atoms with van der Waals surface area (Å²) in [6, 6.07) is 6.22. The van der Waals surface area contributed by atoms with Crippen molar-refractivity contribution in [1.82, 2.24) is 4.90 Å². The quantitative estimate of drug-likeness (QED) is 0.850. The summed E-state index contributed by atoms with van der Waals surface area (Å²) in [4.78, 5) is 2.55. The van der Waals surface area contributed by atoms with Crippen LogP contribution in [0.2, 0.25) is 0 Å². The fourth-order valence-electron chi connectivity index (χ4n) is 2.87. The van der Waals surface area contributed by atoms with Crippen molar-refractivity contribution in [3.63, 3.8) is 0 Å². The van der Waals surface area contributed by atoms with E-state index in [1.807, 2.05) is 6.07 Å². The van der Waals surface area contributed by atoms with Gasteiger partial charge in [0.25, 0.3) is 0 Å². The van der Waals surface area contributed by atoms with Crippen molar-refractivity contribution < 1.29 is 0 Å². The molecule has 0 radical (unpaired) electrons. The molecule has 0 amide bonds.